The van der Waals surface area contributed by atoms with Crippen LogP contribution in [0.1, 0.15) is 25.8 Å². The Morgan fingerprint density at radius 3 is 2.88 bits per heavy atom. The first-order valence-corrected chi connectivity index (χ1v) is 6.07. The molecule has 0 aliphatic heterocycles. The minimum atomic E-state index is -0.417. The van der Waals surface area contributed by atoms with Gasteiger partial charge in [-0.3, -0.25) is 9.48 Å². The van der Waals surface area contributed by atoms with Crippen molar-refractivity contribution in [3.8, 4) is 0 Å². The first-order chi connectivity index (χ1) is 8.04. The summed E-state index contributed by atoms with van der Waals surface area (Å²) in [6, 6.07) is -0.417. The van der Waals surface area contributed by atoms with Crippen molar-refractivity contribution >= 4 is 5.91 Å². The van der Waals surface area contributed by atoms with Crippen LogP contribution in [0, 0.1) is 12.8 Å². The third-order valence-electron chi connectivity index (χ3n) is 2.96. The second kappa shape index (κ2) is 6.39. The summed E-state index contributed by atoms with van der Waals surface area (Å²) in [4.78, 5) is 11.7. The lowest BCUT2D eigenvalue weighted by molar-refractivity contribution is -0.123. The fraction of sp³-hybridized carbons (Fsp3) is 0.667. The zero-order valence-corrected chi connectivity index (χ0v) is 10.8. The van der Waals surface area contributed by atoms with Crippen molar-refractivity contribution in [2.75, 3.05) is 6.54 Å². The molecule has 96 valence electrons. The van der Waals surface area contributed by atoms with E-state index in [1.165, 1.54) is 0 Å². The van der Waals surface area contributed by atoms with Crippen LogP contribution in [-0.4, -0.2) is 28.3 Å². The summed E-state index contributed by atoms with van der Waals surface area (Å²) >= 11 is 0. The fourth-order valence-corrected chi connectivity index (χ4v) is 1.51. The number of hydrogen-bond donors (Lipinski definition) is 2. The summed E-state index contributed by atoms with van der Waals surface area (Å²) in [5.74, 6) is 0.130. The molecule has 1 rings (SSSR count). The van der Waals surface area contributed by atoms with Gasteiger partial charge >= 0.3 is 0 Å². The van der Waals surface area contributed by atoms with Crippen molar-refractivity contribution in [1.82, 2.24) is 15.1 Å². The summed E-state index contributed by atoms with van der Waals surface area (Å²) < 4.78 is 1.81. The highest BCUT2D eigenvalue weighted by molar-refractivity contribution is 5.81. The Hall–Kier alpha value is -1.36. The van der Waals surface area contributed by atoms with E-state index < -0.39 is 6.04 Å². The molecule has 17 heavy (non-hydrogen) atoms. The number of nitrogens with zero attached hydrogens (tertiary/aromatic N) is 2. The van der Waals surface area contributed by atoms with Crippen molar-refractivity contribution in [2.24, 2.45) is 11.7 Å². The molecule has 0 saturated carbocycles. The molecular formula is C12H22N4O. The number of carbonyl (C=O) groups is 1. The van der Waals surface area contributed by atoms with Crippen LogP contribution in [0.5, 0.6) is 0 Å². The maximum absolute atomic E-state index is 11.7. The molecule has 3 N–H and O–H groups in total. The smallest absolute Gasteiger partial charge is 0.237 e. The van der Waals surface area contributed by atoms with Crippen LogP contribution in [0.2, 0.25) is 0 Å². The molecule has 0 spiro atoms. The van der Waals surface area contributed by atoms with Gasteiger partial charge in [0.05, 0.1) is 18.8 Å². The number of rotatable bonds is 6. The normalized spacial score (nSPS) is 14.4. The van der Waals surface area contributed by atoms with Crippen molar-refractivity contribution in [2.45, 2.75) is 39.8 Å². The van der Waals surface area contributed by atoms with Gasteiger partial charge in [-0.1, -0.05) is 20.3 Å². The van der Waals surface area contributed by atoms with Gasteiger partial charge in [-0.2, -0.15) is 5.10 Å². The molecule has 2 atom stereocenters. The summed E-state index contributed by atoms with van der Waals surface area (Å²) in [7, 11) is 0. The van der Waals surface area contributed by atoms with Crippen LogP contribution in [0.15, 0.2) is 12.4 Å². The van der Waals surface area contributed by atoms with E-state index in [0.717, 1.165) is 12.0 Å². The topological polar surface area (TPSA) is 72.9 Å². The van der Waals surface area contributed by atoms with Crippen LogP contribution in [0.3, 0.4) is 0 Å². The Morgan fingerprint density at radius 1 is 1.65 bits per heavy atom. The summed E-state index contributed by atoms with van der Waals surface area (Å²) in [5, 5.41) is 6.97. The molecule has 0 unspecified atom stereocenters. The largest absolute Gasteiger partial charge is 0.353 e. The zero-order chi connectivity index (χ0) is 12.8. The van der Waals surface area contributed by atoms with E-state index in [-0.39, 0.29) is 11.8 Å². The van der Waals surface area contributed by atoms with Crippen LogP contribution in [0.25, 0.3) is 0 Å². The lowest BCUT2D eigenvalue weighted by atomic mass is 9.99. The highest BCUT2D eigenvalue weighted by atomic mass is 16.2. The first-order valence-electron chi connectivity index (χ1n) is 6.07. The number of carbonyl (C=O) groups excluding carboxylic acids is 1. The van der Waals surface area contributed by atoms with Crippen LogP contribution in [-0.2, 0) is 11.3 Å². The minimum Gasteiger partial charge on any atom is -0.353 e. The van der Waals surface area contributed by atoms with E-state index in [1.54, 1.807) is 6.20 Å². The summed E-state index contributed by atoms with van der Waals surface area (Å²) in [6.45, 7) is 7.24. The van der Waals surface area contributed by atoms with Crippen molar-refractivity contribution in [1.29, 1.82) is 0 Å². The van der Waals surface area contributed by atoms with Crippen LogP contribution in [0.4, 0.5) is 0 Å². The van der Waals surface area contributed by atoms with Gasteiger partial charge in [0, 0.05) is 12.7 Å². The van der Waals surface area contributed by atoms with Crippen LogP contribution < -0.4 is 11.1 Å². The quantitative estimate of drug-likeness (QED) is 0.765. The highest BCUT2D eigenvalue weighted by Gasteiger charge is 2.18. The molecule has 0 fully saturated rings. The average Bonchev–Trinajstić information content (AvgIpc) is 2.72. The van der Waals surface area contributed by atoms with Gasteiger partial charge in [-0.05, 0) is 18.4 Å². The average molecular weight is 238 g/mol. The standard InChI is InChI=1S/C12H22N4O/c1-4-10(3)11(13)12(17)14-5-6-16-8-9(2)7-15-16/h7-8,10-11H,4-6,13H2,1-3H3,(H,14,17)/t10-,11-/m0/s1. The number of nitrogens with two attached hydrogens (primary N) is 1. The SMILES string of the molecule is CC[C@H](C)[C@H](N)C(=O)NCCn1cc(C)cn1. The molecule has 1 aromatic heterocycles. The molecule has 0 aromatic carbocycles. The van der Waals surface area contributed by atoms with E-state index in [0.29, 0.717) is 13.1 Å². The molecule has 0 bridgehead atoms. The maximum atomic E-state index is 11.7. The molecule has 0 radical (unpaired) electrons. The second-order valence-electron chi connectivity index (χ2n) is 4.48. The molecule has 5 nitrogen and oxygen atoms in total. The third kappa shape index (κ3) is 4.19. The van der Waals surface area contributed by atoms with E-state index in [9.17, 15) is 4.79 Å². The molecule has 0 aliphatic carbocycles. The van der Waals surface area contributed by atoms with Crippen molar-refractivity contribution < 1.29 is 4.79 Å². The van der Waals surface area contributed by atoms with Gasteiger partial charge in [0.25, 0.3) is 0 Å². The first kappa shape index (κ1) is 13.7. The molecular weight excluding hydrogens is 216 g/mol. The maximum Gasteiger partial charge on any atom is 0.237 e. The summed E-state index contributed by atoms with van der Waals surface area (Å²) in [5.41, 5.74) is 6.94. The Labute approximate surface area is 102 Å². The molecule has 1 heterocycles. The van der Waals surface area contributed by atoms with Crippen molar-refractivity contribution in [3.63, 3.8) is 0 Å². The van der Waals surface area contributed by atoms with Gasteiger partial charge in [0.1, 0.15) is 0 Å². The number of hydrogen-bond acceptors (Lipinski definition) is 3. The highest BCUT2D eigenvalue weighted by Crippen LogP contribution is 2.04. The number of amides is 1. The Morgan fingerprint density at radius 2 is 2.35 bits per heavy atom. The van der Waals surface area contributed by atoms with Crippen LogP contribution >= 0.6 is 0 Å². The Bertz CT molecular complexity index is 361. The number of aromatic nitrogens is 2. The molecule has 1 aromatic rings. The lowest BCUT2D eigenvalue weighted by Gasteiger charge is -2.17. The molecule has 0 aliphatic rings. The zero-order valence-electron chi connectivity index (χ0n) is 10.8. The van der Waals surface area contributed by atoms with E-state index in [4.69, 9.17) is 5.73 Å². The molecule has 1 amide bonds. The molecule has 0 saturated heterocycles. The Kier molecular flexibility index (Phi) is 5.15. The predicted molar refractivity (Wildman–Crippen MR) is 67.4 cm³/mol. The predicted octanol–water partition coefficient (Wildman–Crippen LogP) is 0.681. The summed E-state index contributed by atoms with van der Waals surface area (Å²) in [6.07, 6.45) is 4.65. The Balaban J connectivity index is 2.29. The number of nitrogens with one attached hydrogen (secondary N) is 1. The second-order valence-corrected chi connectivity index (χ2v) is 4.48. The van der Waals surface area contributed by atoms with Gasteiger partial charge in [-0.25, -0.2) is 0 Å². The van der Waals surface area contributed by atoms with E-state index >= 15 is 0 Å². The third-order valence-corrected chi connectivity index (χ3v) is 2.96. The van der Waals surface area contributed by atoms with E-state index in [1.807, 2.05) is 31.6 Å². The van der Waals surface area contributed by atoms with Crippen molar-refractivity contribution in [3.05, 3.63) is 18.0 Å². The van der Waals surface area contributed by atoms with Gasteiger partial charge in [0.2, 0.25) is 5.91 Å². The van der Waals surface area contributed by atoms with Gasteiger partial charge in [0.15, 0.2) is 0 Å². The monoisotopic (exact) mass is 238 g/mol. The molecule has 5 heteroatoms. The van der Waals surface area contributed by atoms with Gasteiger partial charge < -0.3 is 11.1 Å². The van der Waals surface area contributed by atoms with E-state index in [2.05, 4.69) is 10.4 Å². The number of aryl methyl sites for hydroxylation is 1. The lowest BCUT2D eigenvalue weighted by Crippen LogP contribution is -2.45. The van der Waals surface area contributed by atoms with Gasteiger partial charge in [-0.15, -0.1) is 0 Å². The fourth-order valence-electron chi connectivity index (χ4n) is 1.51. The minimum absolute atomic E-state index is 0.0803.